The minimum atomic E-state index is -0.438. The molecule has 0 bridgehead atoms. The minimum Gasteiger partial charge on any atom is -0.494 e. The van der Waals surface area contributed by atoms with Gasteiger partial charge in [-0.3, -0.25) is 10.1 Å². The van der Waals surface area contributed by atoms with E-state index in [9.17, 15) is 10.1 Å². The first-order chi connectivity index (χ1) is 6.06. The third-order valence-corrected chi connectivity index (χ3v) is 2.79. The number of rotatable bonds is 2. The third kappa shape index (κ3) is 2.31. The van der Waals surface area contributed by atoms with Gasteiger partial charge in [-0.05, 0) is 38.5 Å². The molecule has 70 valence electrons. The molecule has 4 nitrogen and oxygen atoms in total. The molecule has 0 atom stereocenters. The molecule has 1 aromatic carbocycles. The summed E-state index contributed by atoms with van der Waals surface area (Å²) >= 11 is 5.18. The quantitative estimate of drug-likeness (QED) is 0.464. The van der Waals surface area contributed by atoms with Crippen LogP contribution in [0.5, 0.6) is 5.75 Å². The summed E-state index contributed by atoms with van der Waals surface area (Å²) < 4.78 is 6.33. The molecular formula is C7H5BrINO3. The van der Waals surface area contributed by atoms with Crippen molar-refractivity contribution in [3.05, 3.63) is 30.3 Å². The van der Waals surface area contributed by atoms with Crippen LogP contribution in [0, 0.1) is 13.7 Å². The van der Waals surface area contributed by atoms with Crippen LogP contribution >= 0.6 is 38.5 Å². The molecular weight excluding hydrogens is 353 g/mol. The van der Waals surface area contributed by atoms with Gasteiger partial charge >= 0.3 is 0 Å². The summed E-state index contributed by atoms with van der Waals surface area (Å²) in [5.41, 5.74) is 0.0528. The van der Waals surface area contributed by atoms with Gasteiger partial charge in [-0.1, -0.05) is 0 Å². The number of hydrogen-bond acceptors (Lipinski definition) is 3. The minimum absolute atomic E-state index is 0.0528. The molecule has 0 saturated heterocycles. The fraction of sp³-hybridized carbons (Fsp3) is 0.143. The van der Waals surface area contributed by atoms with E-state index in [1.54, 1.807) is 0 Å². The van der Waals surface area contributed by atoms with Gasteiger partial charge in [0.25, 0.3) is 5.69 Å². The lowest BCUT2D eigenvalue weighted by atomic mass is 10.3. The van der Waals surface area contributed by atoms with Crippen LogP contribution in [0.15, 0.2) is 16.6 Å². The van der Waals surface area contributed by atoms with E-state index in [1.807, 2.05) is 22.6 Å². The predicted molar refractivity (Wildman–Crippen MR) is 60.1 cm³/mol. The molecule has 0 spiro atoms. The molecule has 0 saturated carbocycles. The van der Waals surface area contributed by atoms with Crippen molar-refractivity contribution in [2.45, 2.75) is 0 Å². The number of non-ortho nitro benzene ring substituents is 1. The Balaban J connectivity index is 3.28. The molecule has 1 aromatic rings. The summed E-state index contributed by atoms with van der Waals surface area (Å²) in [7, 11) is 1.52. The van der Waals surface area contributed by atoms with E-state index in [2.05, 4.69) is 15.9 Å². The van der Waals surface area contributed by atoms with E-state index < -0.39 is 4.92 Å². The second kappa shape index (κ2) is 4.23. The van der Waals surface area contributed by atoms with Crippen LogP contribution in [-0.4, -0.2) is 12.0 Å². The Morgan fingerprint density at radius 3 is 2.62 bits per heavy atom. The zero-order valence-electron chi connectivity index (χ0n) is 6.58. The number of nitrogens with zero attached hydrogens (tertiary/aromatic N) is 1. The van der Waals surface area contributed by atoms with Crippen LogP contribution in [0.25, 0.3) is 0 Å². The Kier molecular flexibility index (Phi) is 3.48. The van der Waals surface area contributed by atoms with Gasteiger partial charge in [-0.2, -0.15) is 0 Å². The van der Waals surface area contributed by atoms with Crippen molar-refractivity contribution in [1.82, 2.24) is 0 Å². The molecule has 6 heteroatoms. The van der Waals surface area contributed by atoms with Crippen molar-refractivity contribution in [1.29, 1.82) is 0 Å². The lowest BCUT2D eigenvalue weighted by Gasteiger charge is -2.04. The van der Waals surface area contributed by atoms with Crippen LogP contribution < -0.4 is 4.74 Å². The molecule has 0 aromatic heterocycles. The number of hydrogen-bond donors (Lipinski definition) is 0. The highest BCUT2D eigenvalue weighted by molar-refractivity contribution is 14.1. The highest BCUT2D eigenvalue weighted by Crippen LogP contribution is 2.33. The number of halogens is 2. The first-order valence-corrected chi connectivity index (χ1v) is 5.11. The monoisotopic (exact) mass is 357 g/mol. The third-order valence-electron chi connectivity index (χ3n) is 1.40. The number of methoxy groups -OCH3 is 1. The normalized spacial score (nSPS) is 9.77. The number of nitro benzene ring substituents is 1. The first-order valence-electron chi connectivity index (χ1n) is 3.23. The van der Waals surface area contributed by atoms with Crippen LogP contribution in [0.1, 0.15) is 0 Å². The SMILES string of the molecule is COc1c(Br)cc([N+](=O)[O-])cc1I. The molecule has 1 rings (SSSR count). The van der Waals surface area contributed by atoms with Crippen molar-refractivity contribution < 1.29 is 9.66 Å². The van der Waals surface area contributed by atoms with E-state index in [0.717, 1.165) is 0 Å². The van der Waals surface area contributed by atoms with E-state index in [4.69, 9.17) is 4.74 Å². The number of ether oxygens (including phenoxy) is 1. The second-order valence-corrected chi connectivity index (χ2v) is 4.22. The maximum Gasteiger partial charge on any atom is 0.271 e. The van der Waals surface area contributed by atoms with Gasteiger partial charge in [0.05, 0.1) is 20.1 Å². The summed E-state index contributed by atoms with van der Waals surface area (Å²) in [6.07, 6.45) is 0. The van der Waals surface area contributed by atoms with Gasteiger partial charge in [0, 0.05) is 12.1 Å². The van der Waals surface area contributed by atoms with Crippen molar-refractivity contribution in [2.24, 2.45) is 0 Å². The average molecular weight is 358 g/mol. The molecule has 0 heterocycles. The lowest BCUT2D eigenvalue weighted by Crippen LogP contribution is -1.93. The standard InChI is InChI=1S/C7H5BrINO3/c1-13-7-5(8)2-4(10(11)12)3-6(7)9/h2-3H,1H3. The molecule has 0 aliphatic carbocycles. The van der Waals surface area contributed by atoms with E-state index >= 15 is 0 Å². The molecule has 0 radical (unpaired) electrons. The van der Waals surface area contributed by atoms with Crippen molar-refractivity contribution in [3.63, 3.8) is 0 Å². The summed E-state index contributed by atoms with van der Waals surface area (Å²) in [6.45, 7) is 0. The van der Waals surface area contributed by atoms with Crippen LogP contribution in [0.4, 0.5) is 5.69 Å². The van der Waals surface area contributed by atoms with Gasteiger partial charge in [0.2, 0.25) is 0 Å². The number of nitro groups is 1. The Hall–Kier alpha value is -0.370. The first kappa shape index (κ1) is 10.7. The Morgan fingerprint density at radius 1 is 1.62 bits per heavy atom. The molecule has 0 fully saturated rings. The zero-order chi connectivity index (χ0) is 10.0. The number of benzene rings is 1. The molecule has 0 amide bonds. The highest BCUT2D eigenvalue weighted by atomic mass is 127. The van der Waals surface area contributed by atoms with E-state index in [1.165, 1.54) is 19.2 Å². The second-order valence-electron chi connectivity index (χ2n) is 2.20. The smallest absolute Gasteiger partial charge is 0.271 e. The maximum atomic E-state index is 10.4. The fourth-order valence-electron chi connectivity index (χ4n) is 0.847. The van der Waals surface area contributed by atoms with Gasteiger partial charge in [-0.25, -0.2) is 0 Å². The molecule has 0 aliphatic rings. The molecule has 13 heavy (non-hydrogen) atoms. The summed E-state index contributed by atoms with van der Waals surface area (Å²) in [5.74, 6) is 0.617. The van der Waals surface area contributed by atoms with Crippen LogP contribution in [0.3, 0.4) is 0 Å². The van der Waals surface area contributed by atoms with Gasteiger partial charge in [-0.15, -0.1) is 0 Å². The summed E-state index contributed by atoms with van der Waals surface area (Å²) in [4.78, 5) is 10.0. The fourth-order valence-corrected chi connectivity index (χ4v) is 2.66. The summed E-state index contributed by atoms with van der Waals surface area (Å²) in [6, 6.07) is 2.88. The summed E-state index contributed by atoms with van der Waals surface area (Å²) in [5, 5.41) is 10.4. The maximum absolute atomic E-state index is 10.4. The van der Waals surface area contributed by atoms with Crippen LogP contribution in [-0.2, 0) is 0 Å². The van der Waals surface area contributed by atoms with Crippen molar-refractivity contribution >= 4 is 44.2 Å². The van der Waals surface area contributed by atoms with Crippen molar-refractivity contribution in [3.8, 4) is 5.75 Å². The van der Waals surface area contributed by atoms with E-state index in [0.29, 0.717) is 13.8 Å². The van der Waals surface area contributed by atoms with Gasteiger partial charge < -0.3 is 4.74 Å². The Morgan fingerprint density at radius 2 is 2.23 bits per heavy atom. The average Bonchev–Trinajstić information content (AvgIpc) is 2.03. The van der Waals surface area contributed by atoms with Gasteiger partial charge in [0.15, 0.2) is 0 Å². The molecule has 0 aliphatic heterocycles. The molecule has 0 unspecified atom stereocenters. The topological polar surface area (TPSA) is 52.4 Å². The van der Waals surface area contributed by atoms with E-state index in [-0.39, 0.29) is 5.69 Å². The molecule has 0 N–H and O–H groups in total. The highest BCUT2D eigenvalue weighted by Gasteiger charge is 2.13. The zero-order valence-corrected chi connectivity index (χ0v) is 10.3. The Bertz CT molecular complexity index is 333. The predicted octanol–water partition coefficient (Wildman–Crippen LogP) is 2.97. The Labute approximate surface area is 96.7 Å². The lowest BCUT2D eigenvalue weighted by molar-refractivity contribution is -0.385. The largest absolute Gasteiger partial charge is 0.494 e. The van der Waals surface area contributed by atoms with Crippen molar-refractivity contribution in [2.75, 3.05) is 7.11 Å². The van der Waals surface area contributed by atoms with Crippen LogP contribution in [0.2, 0.25) is 0 Å². The van der Waals surface area contributed by atoms with Gasteiger partial charge in [0.1, 0.15) is 5.75 Å².